The number of hydrazone groups is 1. The molecule has 0 unspecified atom stereocenters. The summed E-state index contributed by atoms with van der Waals surface area (Å²) in [5.74, 6) is 2.75. The van der Waals surface area contributed by atoms with E-state index in [0.717, 1.165) is 15.6 Å². The highest BCUT2D eigenvalue weighted by Gasteiger charge is 2.58. The normalized spacial score (nSPS) is 18.0. The average molecular weight is 528 g/mol. The van der Waals surface area contributed by atoms with Gasteiger partial charge in [-0.25, -0.2) is 9.80 Å². The molecule has 0 saturated carbocycles. The molecule has 1 aliphatic rings. The largest absolute Gasteiger partial charge is 0.481 e. The number of carboxylic acids is 1. The molecule has 1 saturated heterocycles. The maximum atomic E-state index is 14.3. The minimum Gasteiger partial charge on any atom is -0.481 e. The van der Waals surface area contributed by atoms with Gasteiger partial charge in [-0.3, -0.25) is 19.3 Å². The number of aliphatic carboxylic acids is 1. The summed E-state index contributed by atoms with van der Waals surface area (Å²) in [4.78, 5) is 54.7. The molecular weight excluding hydrogens is 498 g/mol. The van der Waals surface area contributed by atoms with E-state index in [1.807, 2.05) is 30.3 Å². The molecule has 3 aromatic carbocycles. The number of imide groups is 1. The van der Waals surface area contributed by atoms with Crippen LogP contribution in [0.2, 0.25) is 0 Å². The predicted octanol–water partition coefficient (Wildman–Crippen LogP) is 3.64. The van der Waals surface area contributed by atoms with Crippen molar-refractivity contribution in [3.63, 3.8) is 0 Å². The molecule has 1 aliphatic heterocycles. The Labute approximate surface area is 225 Å². The number of rotatable bonds is 9. The molecule has 4 amide bonds. The number of hydrazine groups is 1. The fraction of sp³-hybridized carbons (Fsp3) is 0.207. The van der Waals surface area contributed by atoms with Crippen LogP contribution in [0.3, 0.4) is 0 Å². The molecule has 2 atom stereocenters. The first kappa shape index (κ1) is 27.1. The van der Waals surface area contributed by atoms with E-state index in [-0.39, 0.29) is 6.54 Å². The van der Waals surface area contributed by atoms with Gasteiger partial charge in [-0.15, -0.1) is 0 Å². The Morgan fingerprint density at radius 3 is 2.13 bits per heavy atom. The molecular formula is C29H29N5O5. The van der Waals surface area contributed by atoms with Crippen molar-refractivity contribution in [2.75, 3.05) is 0 Å². The first-order valence-electron chi connectivity index (χ1n) is 12.3. The molecule has 0 aromatic heterocycles. The van der Waals surface area contributed by atoms with Crippen LogP contribution in [0.1, 0.15) is 48.6 Å². The Morgan fingerprint density at radius 1 is 1.00 bits per heavy atom. The van der Waals surface area contributed by atoms with E-state index >= 15 is 0 Å². The SMILES string of the molecule is CC(=O)N([C@H](CC(=O)O)c1ccccc1)N1C(=O)N(Cc2ccccc2)[C@](C)(c2ccc(C=NN)cc2)C1=O. The number of nitrogens with zero attached hydrogens (tertiary/aromatic N) is 4. The summed E-state index contributed by atoms with van der Waals surface area (Å²) in [6.45, 7) is 2.90. The van der Waals surface area contributed by atoms with Crippen molar-refractivity contribution in [2.45, 2.75) is 38.4 Å². The standard InChI is InChI=1S/C29H29N5O5/c1-20(35)33(25(17-26(36)37)23-11-7-4-8-12-23)34-27(38)29(2,24-15-13-21(14-16-24)18-31-30)32(28(34)39)19-22-9-5-3-6-10-22/h3-16,18,25H,17,19,30H2,1-2H3,(H,36,37)/t25-,29-/m1/s1. The van der Waals surface area contributed by atoms with Crippen LogP contribution in [0.15, 0.2) is 90.0 Å². The minimum atomic E-state index is -1.51. The summed E-state index contributed by atoms with van der Waals surface area (Å²) in [7, 11) is 0. The van der Waals surface area contributed by atoms with Crippen molar-refractivity contribution in [1.82, 2.24) is 14.9 Å². The maximum absolute atomic E-state index is 14.3. The second-order valence-corrected chi connectivity index (χ2v) is 9.33. The third kappa shape index (κ3) is 5.22. The van der Waals surface area contributed by atoms with E-state index in [0.29, 0.717) is 16.7 Å². The molecule has 200 valence electrons. The van der Waals surface area contributed by atoms with Crippen LogP contribution in [0.25, 0.3) is 0 Å². The van der Waals surface area contributed by atoms with Crippen molar-refractivity contribution in [3.8, 4) is 0 Å². The number of carboxylic acid groups (broad SMARTS) is 1. The zero-order chi connectivity index (χ0) is 28.2. The molecule has 0 radical (unpaired) electrons. The van der Waals surface area contributed by atoms with E-state index < -0.39 is 41.8 Å². The molecule has 39 heavy (non-hydrogen) atoms. The number of carbonyl (C=O) groups is 4. The quantitative estimate of drug-likeness (QED) is 0.189. The smallest absolute Gasteiger partial charge is 0.347 e. The summed E-state index contributed by atoms with van der Waals surface area (Å²) in [5.41, 5.74) is 0.946. The lowest BCUT2D eigenvalue weighted by Crippen LogP contribution is -2.52. The summed E-state index contributed by atoms with van der Waals surface area (Å²) < 4.78 is 0. The lowest BCUT2D eigenvalue weighted by atomic mass is 9.89. The van der Waals surface area contributed by atoms with Crippen molar-refractivity contribution < 1.29 is 24.3 Å². The molecule has 3 aromatic rings. The third-order valence-corrected chi connectivity index (χ3v) is 6.83. The Kier molecular flexibility index (Phi) is 7.75. The highest BCUT2D eigenvalue weighted by molar-refractivity contribution is 6.08. The Morgan fingerprint density at radius 2 is 1.59 bits per heavy atom. The Balaban J connectivity index is 1.86. The van der Waals surface area contributed by atoms with Crippen LogP contribution < -0.4 is 5.84 Å². The molecule has 0 spiro atoms. The van der Waals surface area contributed by atoms with Gasteiger partial charge in [-0.2, -0.15) is 10.1 Å². The molecule has 0 bridgehead atoms. The van der Waals surface area contributed by atoms with Crippen molar-refractivity contribution in [1.29, 1.82) is 0 Å². The number of benzene rings is 3. The Bertz CT molecular complexity index is 1390. The number of urea groups is 1. The summed E-state index contributed by atoms with van der Waals surface area (Å²) >= 11 is 0. The van der Waals surface area contributed by atoms with Crippen LogP contribution in [-0.2, 0) is 26.5 Å². The number of hydrogen-bond acceptors (Lipinski definition) is 6. The third-order valence-electron chi connectivity index (χ3n) is 6.83. The van der Waals surface area contributed by atoms with Gasteiger partial charge >= 0.3 is 12.0 Å². The van der Waals surface area contributed by atoms with E-state index in [9.17, 15) is 24.3 Å². The number of nitrogens with two attached hydrogens (primary N) is 1. The first-order valence-corrected chi connectivity index (χ1v) is 12.3. The predicted molar refractivity (Wildman–Crippen MR) is 144 cm³/mol. The first-order chi connectivity index (χ1) is 18.7. The number of carbonyl (C=O) groups excluding carboxylic acids is 3. The van der Waals surface area contributed by atoms with Gasteiger partial charge in [-0.1, -0.05) is 84.9 Å². The van der Waals surface area contributed by atoms with Crippen molar-refractivity contribution in [2.24, 2.45) is 10.9 Å². The van der Waals surface area contributed by atoms with E-state index in [4.69, 9.17) is 5.84 Å². The molecule has 10 heteroatoms. The van der Waals surface area contributed by atoms with Crippen LogP contribution >= 0.6 is 0 Å². The van der Waals surface area contributed by atoms with Crippen LogP contribution in [0.4, 0.5) is 4.79 Å². The average Bonchev–Trinajstić information content (AvgIpc) is 3.11. The van der Waals surface area contributed by atoms with Gasteiger partial charge < -0.3 is 10.9 Å². The Hall–Kier alpha value is -4.99. The van der Waals surface area contributed by atoms with Gasteiger partial charge in [0.25, 0.3) is 5.91 Å². The van der Waals surface area contributed by atoms with E-state index in [1.165, 1.54) is 18.0 Å². The highest BCUT2D eigenvalue weighted by atomic mass is 16.4. The zero-order valence-corrected chi connectivity index (χ0v) is 21.6. The summed E-state index contributed by atoms with van der Waals surface area (Å²) in [5, 5.41) is 15.0. The highest BCUT2D eigenvalue weighted by Crippen LogP contribution is 2.41. The van der Waals surface area contributed by atoms with Gasteiger partial charge in [0.15, 0.2) is 0 Å². The van der Waals surface area contributed by atoms with E-state index in [2.05, 4.69) is 5.10 Å². The molecule has 1 heterocycles. The minimum absolute atomic E-state index is 0.0745. The molecule has 1 fully saturated rings. The number of amides is 4. The fourth-order valence-corrected chi connectivity index (χ4v) is 4.84. The maximum Gasteiger partial charge on any atom is 0.347 e. The van der Waals surface area contributed by atoms with Crippen LogP contribution in [-0.4, -0.2) is 50.1 Å². The number of hydrogen-bond donors (Lipinski definition) is 2. The van der Waals surface area contributed by atoms with Gasteiger partial charge in [-0.05, 0) is 29.2 Å². The van der Waals surface area contributed by atoms with Gasteiger partial charge in [0.05, 0.1) is 18.7 Å². The molecule has 0 aliphatic carbocycles. The topological polar surface area (TPSA) is 137 Å². The monoisotopic (exact) mass is 527 g/mol. The van der Waals surface area contributed by atoms with Gasteiger partial charge in [0.1, 0.15) is 5.54 Å². The second-order valence-electron chi connectivity index (χ2n) is 9.33. The lowest BCUT2D eigenvalue weighted by molar-refractivity contribution is -0.162. The second kappa shape index (κ2) is 11.2. The van der Waals surface area contributed by atoms with Crippen LogP contribution in [0, 0.1) is 0 Å². The van der Waals surface area contributed by atoms with Crippen molar-refractivity contribution >= 4 is 30.0 Å². The van der Waals surface area contributed by atoms with E-state index in [1.54, 1.807) is 61.5 Å². The van der Waals surface area contributed by atoms with Crippen molar-refractivity contribution in [3.05, 3.63) is 107 Å². The summed E-state index contributed by atoms with van der Waals surface area (Å²) in [6.07, 6.45) is 0.943. The molecule has 4 rings (SSSR count). The van der Waals surface area contributed by atoms with Gasteiger partial charge in [0, 0.05) is 13.5 Å². The fourth-order valence-electron chi connectivity index (χ4n) is 4.84. The summed E-state index contributed by atoms with van der Waals surface area (Å²) in [6, 6.07) is 22.7. The molecule has 3 N–H and O–H groups in total. The zero-order valence-electron chi connectivity index (χ0n) is 21.6. The molecule has 10 nitrogen and oxygen atoms in total. The van der Waals surface area contributed by atoms with Crippen LogP contribution in [0.5, 0.6) is 0 Å². The lowest BCUT2D eigenvalue weighted by Gasteiger charge is -2.35. The van der Waals surface area contributed by atoms with Gasteiger partial charge in [0.2, 0.25) is 5.91 Å².